The highest BCUT2D eigenvalue weighted by atomic mass is 32.2. The summed E-state index contributed by atoms with van der Waals surface area (Å²) in [5, 5.41) is 17.9. The van der Waals surface area contributed by atoms with Crippen LogP contribution in [0.15, 0.2) is 66.7 Å². The van der Waals surface area contributed by atoms with E-state index in [-0.39, 0.29) is 17.6 Å². The number of rotatable bonds is 16. The van der Waals surface area contributed by atoms with Crippen molar-refractivity contribution in [1.82, 2.24) is 10.2 Å². The maximum Gasteiger partial charge on any atom is 0.408 e. The Bertz CT molecular complexity index is 1390. The molecule has 0 aliphatic rings. The summed E-state index contributed by atoms with van der Waals surface area (Å²) < 4.78 is 5.50. The summed E-state index contributed by atoms with van der Waals surface area (Å²) >= 11 is 1.57. The van der Waals surface area contributed by atoms with E-state index in [1.807, 2.05) is 48.7 Å². The number of nitrogens with zero attached hydrogens (tertiary/aromatic N) is 1. The number of phenols is 1. The van der Waals surface area contributed by atoms with Gasteiger partial charge in [0.1, 0.15) is 23.4 Å². The van der Waals surface area contributed by atoms with Crippen molar-refractivity contribution in [2.75, 3.05) is 23.9 Å². The third-order valence-electron chi connectivity index (χ3n) is 7.42. The van der Waals surface area contributed by atoms with E-state index in [9.17, 15) is 19.5 Å². The summed E-state index contributed by atoms with van der Waals surface area (Å²) in [6, 6.07) is 18.1. The van der Waals surface area contributed by atoms with Gasteiger partial charge in [-0.05, 0) is 86.2 Å². The van der Waals surface area contributed by atoms with Crippen LogP contribution >= 0.6 is 11.8 Å². The SMILES string of the molecule is CCCCCCCCN(C(=O)C(CCSC)NC(=O)OC(C)(C)C)C(C(=O)Nc1ccc2ccccc2c1)c1ccc(O)cc1. The van der Waals surface area contributed by atoms with E-state index in [1.165, 1.54) is 12.1 Å². The predicted octanol–water partition coefficient (Wildman–Crippen LogP) is 8.06. The van der Waals surface area contributed by atoms with Crippen LogP contribution in [0.5, 0.6) is 5.75 Å². The molecule has 2 unspecified atom stereocenters. The normalized spacial score (nSPS) is 12.7. The summed E-state index contributed by atoms with van der Waals surface area (Å²) in [5.74, 6) is -0.0402. The third-order valence-corrected chi connectivity index (χ3v) is 8.07. The summed E-state index contributed by atoms with van der Waals surface area (Å²) in [6.45, 7) is 7.81. The van der Waals surface area contributed by atoms with E-state index in [1.54, 1.807) is 49.6 Å². The topological polar surface area (TPSA) is 108 Å². The molecule has 3 amide bonds. The summed E-state index contributed by atoms with van der Waals surface area (Å²) in [5.41, 5.74) is 0.440. The van der Waals surface area contributed by atoms with Gasteiger partial charge in [0.25, 0.3) is 5.91 Å². The lowest BCUT2D eigenvalue weighted by Crippen LogP contribution is -2.52. The Hall–Kier alpha value is -3.72. The number of phenolic OH excluding ortho intramolecular Hbond substituents is 1. The van der Waals surface area contributed by atoms with Gasteiger partial charge in [-0.25, -0.2) is 4.79 Å². The molecular weight excluding hydrogens is 586 g/mol. The van der Waals surface area contributed by atoms with E-state index in [4.69, 9.17) is 4.74 Å². The zero-order chi connectivity index (χ0) is 32.8. The number of carbonyl (C=O) groups excluding carboxylic acids is 3. The van der Waals surface area contributed by atoms with E-state index in [0.717, 1.165) is 42.9 Å². The minimum atomic E-state index is -1.00. The molecule has 244 valence electrons. The molecule has 0 aliphatic heterocycles. The molecule has 0 aliphatic carbocycles. The molecule has 3 N–H and O–H groups in total. The second-order valence-corrected chi connectivity index (χ2v) is 13.3. The van der Waals surface area contributed by atoms with E-state index in [0.29, 0.717) is 36.4 Å². The number of ether oxygens (including phenoxy) is 1. The molecule has 0 radical (unpaired) electrons. The lowest BCUT2D eigenvalue weighted by atomic mass is 10.0. The number of alkyl carbamates (subject to hydrolysis) is 1. The van der Waals surface area contributed by atoms with Crippen LogP contribution in [0.1, 0.15) is 84.2 Å². The average Bonchev–Trinajstić information content (AvgIpc) is 2.99. The third kappa shape index (κ3) is 11.6. The van der Waals surface area contributed by atoms with Crippen molar-refractivity contribution in [3.8, 4) is 5.75 Å². The average molecular weight is 636 g/mol. The van der Waals surface area contributed by atoms with E-state index < -0.39 is 23.8 Å². The van der Waals surface area contributed by atoms with E-state index >= 15 is 0 Å². The molecule has 45 heavy (non-hydrogen) atoms. The van der Waals surface area contributed by atoms with Crippen molar-refractivity contribution in [2.24, 2.45) is 0 Å². The standard InChI is InChI=1S/C36H49N3O5S/c1-6-7-8-9-10-13-23-39(34(42)31(22-24-45-5)38-35(43)44-36(2,3)4)32(27-17-20-30(40)21-18-27)33(41)37-29-19-16-26-14-11-12-15-28(26)25-29/h11-12,14-21,25,31-32,40H,6-10,13,22-24H2,1-5H3,(H,37,41)(H,38,43). The van der Waals surface area contributed by atoms with E-state index in [2.05, 4.69) is 17.6 Å². The highest BCUT2D eigenvalue weighted by Gasteiger charge is 2.36. The van der Waals surface area contributed by atoms with Crippen LogP contribution in [0.2, 0.25) is 0 Å². The van der Waals surface area contributed by atoms with Gasteiger partial charge < -0.3 is 25.4 Å². The van der Waals surface area contributed by atoms with Crippen molar-refractivity contribution < 1.29 is 24.2 Å². The molecule has 0 saturated heterocycles. The maximum atomic E-state index is 14.4. The Kier molecular flexibility index (Phi) is 14.1. The van der Waals surface area contributed by atoms with Crippen LogP contribution in [-0.2, 0) is 14.3 Å². The molecule has 3 aromatic carbocycles. The fraction of sp³-hybridized carbons (Fsp3) is 0.472. The van der Waals surface area contributed by atoms with Gasteiger partial charge in [-0.15, -0.1) is 0 Å². The number of hydrogen-bond donors (Lipinski definition) is 3. The molecule has 0 saturated carbocycles. The first kappa shape index (κ1) is 35.8. The molecule has 0 aromatic heterocycles. The molecule has 0 heterocycles. The smallest absolute Gasteiger partial charge is 0.408 e. The van der Waals surface area contributed by atoms with Crippen LogP contribution < -0.4 is 10.6 Å². The summed E-state index contributed by atoms with van der Waals surface area (Å²) in [7, 11) is 0. The van der Waals surface area contributed by atoms with Crippen LogP contribution in [0.4, 0.5) is 10.5 Å². The van der Waals surface area contributed by atoms with Crippen LogP contribution in [0, 0.1) is 0 Å². The summed E-state index contributed by atoms with van der Waals surface area (Å²) in [4.78, 5) is 43.1. The zero-order valence-electron chi connectivity index (χ0n) is 27.3. The van der Waals surface area contributed by atoms with Gasteiger partial charge in [0.15, 0.2) is 0 Å². The number of nitrogens with one attached hydrogen (secondary N) is 2. The van der Waals surface area contributed by atoms with Gasteiger partial charge in [0.05, 0.1) is 0 Å². The second-order valence-electron chi connectivity index (χ2n) is 12.3. The van der Waals surface area contributed by atoms with Crippen LogP contribution in [0.25, 0.3) is 10.8 Å². The zero-order valence-corrected chi connectivity index (χ0v) is 28.1. The van der Waals surface area contributed by atoms with Crippen LogP contribution in [-0.4, -0.2) is 58.1 Å². The number of unbranched alkanes of at least 4 members (excludes halogenated alkanes) is 5. The lowest BCUT2D eigenvalue weighted by molar-refractivity contribution is -0.141. The van der Waals surface area contributed by atoms with Crippen molar-refractivity contribution in [3.05, 3.63) is 72.3 Å². The highest BCUT2D eigenvalue weighted by molar-refractivity contribution is 7.98. The Morgan fingerprint density at radius 1 is 0.911 bits per heavy atom. The monoisotopic (exact) mass is 635 g/mol. The first-order chi connectivity index (χ1) is 21.5. The first-order valence-electron chi connectivity index (χ1n) is 15.9. The molecule has 0 fully saturated rings. The Morgan fingerprint density at radius 2 is 1.58 bits per heavy atom. The predicted molar refractivity (Wildman–Crippen MR) is 185 cm³/mol. The Balaban J connectivity index is 1.99. The minimum Gasteiger partial charge on any atom is -0.508 e. The summed E-state index contributed by atoms with van der Waals surface area (Å²) in [6.07, 6.45) is 7.70. The molecule has 0 spiro atoms. The number of carbonyl (C=O) groups is 3. The first-order valence-corrected chi connectivity index (χ1v) is 17.3. The van der Waals surface area contributed by atoms with Gasteiger partial charge in [0, 0.05) is 12.2 Å². The molecule has 8 nitrogen and oxygen atoms in total. The fourth-order valence-electron chi connectivity index (χ4n) is 5.18. The van der Waals surface area contributed by atoms with Crippen molar-refractivity contribution in [1.29, 1.82) is 0 Å². The molecule has 3 rings (SSSR count). The van der Waals surface area contributed by atoms with Gasteiger partial charge in [-0.2, -0.15) is 11.8 Å². The lowest BCUT2D eigenvalue weighted by Gasteiger charge is -2.34. The Labute approximate surface area is 272 Å². The molecule has 0 bridgehead atoms. The van der Waals surface area contributed by atoms with Crippen molar-refractivity contribution in [3.63, 3.8) is 0 Å². The van der Waals surface area contributed by atoms with Crippen molar-refractivity contribution in [2.45, 2.75) is 90.3 Å². The van der Waals surface area contributed by atoms with Crippen LogP contribution in [0.3, 0.4) is 0 Å². The second kappa shape index (κ2) is 17.7. The molecule has 9 heteroatoms. The molecular formula is C36H49N3O5S. The van der Waals surface area contributed by atoms with Gasteiger partial charge in [0.2, 0.25) is 5.91 Å². The minimum absolute atomic E-state index is 0.0608. The van der Waals surface area contributed by atoms with Gasteiger partial charge >= 0.3 is 6.09 Å². The number of aromatic hydroxyl groups is 1. The largest absolute Gasteiger partial charge is 0.508 e. The van der Waals surface area contributed by atoms with Gasteiger partial charge in [-0.3, -0.25) is 9.59 Å². The maximum absolute atomic E-state index is 14.4. The molecule has 2 atom stereocenters. The van der Waals surface area contributed by atoms with Crippen molar-refractivity contribution >= 4 is 46.1 Å². The quantitative estimate of drug-likeness (QED) is 0.137. The van der Waals surface area contributed by atoms with Gasteiger partial charge in [-0.1, -0.05) is 81.5 Å². The Morgan fingerprint density at radius 3 is 2.24 bits per heavy atom. The fourth-order valence-corrected chi connectivity index (χ4v) is 5.65. The number of fused-ring (bicyclic) bond motifs is 1. The number of amides is 3. The molecule has 3 aromatic rings. The number of anilines is 1. The number of benzene rings is 3. The number of hydrogen-bond acceptors (Lipinski definition) is 6. The highest BCUT2D eigenvalue weighted by Crippen LogP contribution is 2.28. The number of thioether (sulfide) groups is 1.